The zero-order valence-corrected chi connectivity index (χ0v) is 11.5. The number of nitrogens with one attached hydrogen (secondary N) is 1. The van der Waals surface area contributed by atoms with Gasteiger partial charge < -0.3 is 15.8 Å². The van der Waals surface area contributed by atoms with E-state index in [1.807, 2.05) is 39.0 Å². The smallest absolute Gasteiger partial charge is 0.228 e. The molecule has 100 valence electrons. The maximum atomic E-state index is 11.7. The normalized spacial score (nSPS) is 12.3. The van der Waals surface area contributed by atoms with Crippen LogP contribution in [0.5, 0.6) is 5.75 Å². The topological polar surface area (TPSA) is 64.3 Å². The second kappa shape index (κ2) is 6.40. The summed E-state index contributed by atoms with van der Waals surface area (Å²) in [6.07, 6.45) is 0.141. The average Bonchev–Trinajstić information content (AvgIpc) is 2.30. The van der Waals surface area contributed by atoms with E-state index >= 15 is 0 Å². The van der Waals surface area contributed by atoms with Gasteiger partial charge in [-0.2, -0.15) is 0 Å². The van der Waals surface area contributed by atoms with Crippen LogP contribution in [0.3, 0.4) is 0 Å². The van der Waals surface area contributed by atoms with Gasteiger partial charge in [0, 0.05) is 18.2 Å². The van der Waals surface area contributed by atoms with Gasteiger partial charge in [0.05, 0.1) is 6.10 Å². The van der Waals surface area contributed by atoms with Gasteiger partial charge in [0.2, 0.25) is 5.91 Å². The van der Waals surface area contributed by atoms with Crippen molar-refractivity contribution in [2.45, 2.75) is 33.8 Å². The molecule has 0 aliphatic carbocycles. The molecule has 0 aromatic heterocycles. The van der Waals surface area contributed by atoms with Crippen molar-refractivity contribution in [1.82, 2.24) is 0 Å². The Balaban J connectivity index is 2.76. The number of benzene rings is 1. The molecule has 18 heavy (non-hydrogen) atoms. The number of rotatable bonds is 5. The number of carbonyl (C=O) groups is 1. The van der Waals surface area contributed by atoms with E-state index in [-0.39, 0.29) is 17.9 Å². The van der Waals surface area contributed by atoms with E-state index in [2.05, 4.69) is 5.32 Å². The highest BCUT2D eigenvalue weighted by Gasteiger charge is 2.12. The lowest BCUT2D eigenvalue weighted by Crippen LogP contribution is -2.26. The molecule has 1 amide bonds. The molecule has 0 spiro atoms. The molecule has 1 aromatic carbocycles. The van der Waals surface area contributed by atoms with Gasteiger partial charge in [-0.15, -0.1) is 0 Å². The van der Waals surface area contributed by atoms with E-state index < -0.39 is 0 Å². The quantitative estimate of drug-likeness (QED) is 0.843. The average molecular weight is 250 g/mol. The number of ether oxygens (including phenoxy) is 1. The van der Waals surface area contributed by atoms with Crippen molar-refractivity contribution >= 4 is 11.6 Å². The summed E-state index contributed by atoms with van der Waals surface area (Å²) >= 11 is 0. The molecule has 4 nitrogen and oxygen atoms in total. The molecule has 0 radical (unpaired) electrons. The Morgan fingerprint density at radius 2 is 2.06 bits per heavy atom. The first kappa shape index (κ1) is 14.5. The molecule has 4 heteroatoms. The van der Waals surface area contributed by atoms with Crippen molar-refractivity contribution in [2.24, 2.45) is 11.7 Å². The number of amides is 1. The second-order valence-corrected chi connectivity index (χ2v) is 4.77. The molecule has 0 heterocycles. The fourth-order valence-corrected chi connectivity index (χ4v) is 1.48. The highest BCUT2D eigenvalue weighted by atomic mass is 16.5. The van der Waals surface area contributed by atoms with Gasteiger partial charge in [-0.25, -0.2) is 0 Å². The summed E-state index contributed by atoms with van der Waals surface area (Å²) < 4.78 is 5.59. The van der Waals surface area contributed by atoms with Crippen molar-refractivity contribution in [2.75, 3.05) is 11.9 Å². The minimum absolute atomic E-state index is 0.0573. The molecule has 1 unspecified atom stereocenters. The van der Waals surface area contributed by atoms with Crippen LogP contribution >= 0.6 is 0 Å². The molecule has 0 bridgehead atoms. The minimum atomic E-state index is -0.184. The molecule has 0 saturated heterocycles. The van der Waals surface area contributed by atoms with Gasteiger partial charge in [0.15, 0.2) is 0 Å². The molecule has 1 atom stereocenters. The molecule has 1 aromatic rings. The maximum absolute atomic E-state index is 11.7. The van der Waals surface area contributed by atoms with Crippen LogP contribution in [0.2, 0.25) is 0 Å². The Bertz CT molecular complexity index is 416. The van der Waals surface area contributed by atoms with Crippen LogP contribution in [0.15, 0.2) is 18.2 Å². The Morgan fingerprint density at radius 3 is 2.56 bits per heavy atom. The molecule has 0 aliphatic heterocycles. The van der Waals surface area contributed by atoms with E-state index in [1.54, 1.807) is 6.92 Å². The van der Waals surface area contributed by atoms with Crippen molar-refractivity contribution < 1.29 is 9.53 Å². The third-order valence-corrected chi connectivity index (χ3v) is 2.63. The molecule has 1 rings (SSSR count). The summed E-state index contributed by atoms with van der Waals surface area (Å²) in [5.41, 5.74) is 7.24. The van der Waals surface area contributed by atoms with Gasteiger partial charge in [-0.05, 0) is 44.5 Å². The Labute approximate surface area is 109 Å². The van der Waals surface area contributed by atoms with E-state index in [1.165, 1.54) is 0 Å². The standard InChI is InChI=1S/C14H22N2O2/c1-9(2)18-12-5-6-13(10(3)7-12)16-14(17)11(4)8-15/h5-7,9,11H,8,15H2,1-4H3,(H,16,17). The second-order valence-electron chi connectivity index (χ2n) is 4.77. The van der Waals surface area contributed by atoms with E-state index in [0.717, 1.165) is 17.0 Å². The predicted octanol–water partition coefficient (Wildman–Crippen LogP) is 2.32. The molecule has 0 saturated carbocycles. The minimum Gasteiger partial charge on any atom is -0.491 e. The van der Waals surface area contributed by atoms with Gasteiger partial charge in [-0.1, -0.05) is 6.92 Å². The lowest BCUT2D eigenvalue weighted by Gasteiger charge is -2.14. The zero-order valence-electron chi connectivity index (χ0n) is 11.5. The van der Waals surface area contributed by atoms with Crippen LogP contribution in [0.1, 0.15) is 26.3 Å². The molecule has 0 aliphatic rings. The van der Waals surface area contributed by atoms with E-state index in [0.29, 0.717) is 6.54 Å². The fourth-order valence-electron chi connectivity index (χ4n) is 1.48. The van der Waals surface area contributed by atoms with E-state index in [9.17, 15) is 4.79 Å². The number of aryl methyl sites for hydroxylation is 1. The van der Waals surface area contributed by atoms with Crippen molar-refractivity contribution in [1.29, 1.82) is 0 Å². The lowest BCUT2D eigenvalue weighted by molar-refractivity contribution is -0.119. The molecule has 3 N–H and O–H groups in total. The summed E-state index contributed by atoms with van der Waals surface area (Å²) in [5.74, 6) is 0.571. The van der Waals surface area contributed by atoms with Crippen LogP contribution in [-0.4, -0.2) is 18.6 Å². The monoisotopic (exact) mass is 250 g/mol. The van der Waals surface area contributed by atoms with Crippen molar-refractivity contribution in [3.05, 3.63) is 23.8 Å². The molecular weight excluding hydrogens is 228 g/mol. The van der Waals surface area contributed by atoms with Crippen LogP contribution in [-0.2, 0) is 4.79 Å². The highest BCUT2D eigenvalue weighted by molar-refractivity contribution is 5.93. The summed E-state index contributed by atoms with van der Waals surface area (Å²) in [6.45, 7) is 8.05. The first-order valence-electron chi connectivity index (χ1n) is 6.22. The Morgan fingerprint density at radius 1 is 1.39 bits per heavy atom. The third kappa shape index (κ3) is 4.04. The fraction of sp³-hybridized carbons (Fsp3) is 0.500. The van der Waals surface area contributed by atoms with Crippen molar-refractivity contribution in [3.8, 4) is 5.75 Å². The number of anilines is 1. The van der Waals surface area contributed by atoms with Gasteiger partial charge in [0.25, 0.3) is 0 Å². The first-order valence-corrected chi connectivity index (χ1v) is 6.22. The van der Waals surface area contributed by atoms with Crippen LogP contribution in [0.4, 0.5) is 5.69 Å². The van der Waals surface area contributed by atoms with Crippen molar-refractivity contribution in [3.63, 3.8) is 0 Å². The van der Waals surface area contributed by atoms with Crippen LogP contribution < -0.4 is 15.8 Å². The van der Waals surface area contributed by atoms with Crippen LogP contribution in [0.25, 0.3) is 0 Å². The third-order valence-electron chi connectivity index (χ3n) is 2.63. The molecule has 0 fully saturated rings. The Hall–Kier alpha value is -1.55. The van der Waals surface area contributed by atoms with Gasteiger partial charge in [0.1, 0.15) is 5.75 Å². The summed E-state index contributed by atoms with van der Waals surface area (Å²) in [6, 6.07) is 5.63. The Kier molecular flexibility index (Phi) is 5.16. The predicted molar refractivity (Wildman–Crippen MR) is 73.8 cm³/mol. The largest absolute Gasteiger partial charge is 0.491 e. The number of carbonyl (C=O) groups excluding carboxylic acids is 1. The van der Waals surface area contributed by atoms with E-state index in [4.69, 9.17) is 10.5 Å². The van der Waals surface area contributed by atoms with Gasteiger partial charge in [-0.3, -0.25) is 4.79 Å². The molecular formula is C14H22N2O2. The SMILES string of the molecule is Cc1cc(OC(C)C)ccc1NC(=O)C(C)CN. The number of hydrogen-bond donors (Lipinski definition) is 2. The maximum Gasteiger partial charge on any atom is 0.228 e. The lowest BCUT2D eigenvalue weighted by atomic mass is 10.1. The number of nitrogens with two attached hydrogens (primary N) is 1. The number of hydrogen-bond acceptors (Lipinski definition) is 3. The first-order chi connectivity index (χ1) is 8.43. The van der Waals surface area contributed by atoms with Crippen LogP contribution in [0, 0.1) is 12.8 Å². The zero-order chi connectivity index (χ0) is 13.7. The van der Waals surface area contributed by atoms with Gasteiger partial charge >= 0.3 is 0 Å². The summed E-state index contributed by atoms with van der Waals surface area (Å²) in [5, 5.41) is 2.87. The summed E-state index contributed by atoms with van der Waals surface area (Å²) in [7, 11) is 0. The summed E-state index contributed by atoms with van der Waals surface area (Å²) in [4.78, 5) is 11.7. The highest BCUT2D eigenvalue weighted by Crippen LogP contribution is 2.22.